The van der Waals surface area contributed by atoms with Crippen LogP contribution in [0.2, 0.25) is 0 Å². The van der Waals surface area contributed by atoms with Gasteiger partial charge in [-0.2, -0.15) is 5.10 Å². The van der Waals surface area contributed by atoms with Crippen molar-refractivity contribution in [2.45, 2.75) is 13.5 Å². The van der Waals surface area contributed by atoms with Crippen LogP contribution >= 0.6 is 11.3 Å². The van der Waals surface area contributed by atoms with Crippen LogP contribution < -0.4 is 4.74 Å². The molecule has 158 valence electrons. The maximum Gasteiger partial charge on any atom is 0.348 e. The number of benzene rings is 2. The summed E-state index contributed by atoms with van der Waals surface area (Å²) in [5, 5.41) is 5.42. The van der Waals surface area contributed by atoms with Crippen LogP contribution in [0, 0.1) is 12.7 Å². The Bertz CT molecular complexity index is 1260. The molecule has 2 heterocycles. The van der Waals surface area contributed by atoms with E-state index in [4.69, 9.17) is 9.47 Å². The summed E-state index contributed by atoms with van der Waals surface area (Å²) in [7, 11) is 1.38. The van der Waals surface area contributed by atoms with Gasteiger partial charge in [-0.05, 0) is 36.8 Å². The minimum Gasteiger partial charge on any atom is -0.496 e. The fourth-order valence-electron chi connectivity index (χ4n) is 3.25. The predicted octanol–water partition coefficient (Wildman–Crippen LogP) is 4.64. The number of ketones is 1. The van der Waals surface area contributed by atoms with Gasteiger partial charge in [-0.25, -0.2) is 9.18 Å². The van der Waals surface area contributed by atoms with Gasteiger partial charge in [-0.15, -0.1) is 11.3 Å². The molecule has 0 saturated heterocycles. The molecule has 0 aliphatic rings. The van der Waals surface area contributed by atoms with Crippen molar-refractivity contribution in [3.8, 4) is 5.75 Å². The van der Waals surface area contributed by atoms with E-state index in [1.807, 2.05) is 41.9 Å². The Hall–Kier alpha value is -3.52. The smallest absolute Gasteiger partial charge is 0.348 e. The summed E-state index contributed by atoms with van der Waals surface area (Å²) in [6.45, 7) is 1.95. The summed E-state index contributed by atoms with van der Waals surface area (Å²) in [4.78, 5) is 26.2. The minimum atomic E-state index is -0.615. The van der Waals surface area contributed by atoms with E-state index in [0.717, 1.165) is 27.5 Å². The lowest BCUT2D eigenvalue weighted by atomic mass is 10.1. The lowest BCUT2D eigenvalue weighted by Crippen LogP contribution is -2.14. The number of thiophene rings is 1. The van der Waals surface area contributed by atoms with Crippen LogP contribution in [0.5, 0.6) is 5.75 Å². The van der Waals surface area contributed by atoms with Gasteiger partial charge in [0.25, 0.3) is 0 Å². The maximum absolute atomic E-state index is 13.5. The highest BCUT2D eigenvalue weighted by atomic mass is 32.1. The number of aryl methyl sites for hydroxylation is 1. The molecule has 2 aromatic carbocycles. The molecule has 0 bridgehead atoms. The van der Waals surface area contributed by atoms with E-state index in [9.17, 15) is 14.0 Å². The number of carbonyl (C=O) groups excluding carboxylic acids is 2. The Balaban J connectivity index is 1.50. The lowest BCUT2D eigenvalue weighted by Gasteiger charge is -2.08. The van der Waals surface area contributed by atoms with Gasteiger partial charge in [0.1, 0.15) is 21.3 Å². The molecule has 0 aliphatic carbocycles. The summed E-state index contributed by atoms with van der Waals surface area (Å²) >= 11 is 1.26. The van der Waals surface area contributed by atoms with E-state index in [-0.39, 0.29) is 11.3 Å². The third kappa shape index (κ3) is 4.34. The van der Waals surface area contributed by atoms with Crippen LogP contribution in [-0.4, -0.2) is 35.2 Å². The van der Waals surface area contributed by atoms with Gasteiger partial charge in [0.2, 0.25) is 5.78 Å². The zero-order chi connectivity index (χ0) is 22.0. The van der Waals surface area contributed by atoms with Gasteiger partial charge in [0, 0.05) is 5.39 Å². The Labute approximate surface area is 181 Å². The number of esters is 1. The molecule has 0 spiro atoms. The molecule has 0 atom stereocenters. The number of hydrogen-bond donors (Lipinski definition) is 0. The van der Waals surface area contributed by atoms with Crippen LogP contribution in [0.25, 0.3) is 10.2 Å². The Morgan fingerprint density at radius 2 is 1.90 bits per heavy atom. The summed E-state index contributed by atoms with van der Waals surface area (Å²) in [6, 6.07) is 15.2. The van der Waals surface area contributed by atoms with E-state index in [1.165, 1.54) is 30.6 Å². The third-order valence-electron chi connectivity index (χ3n) is 4.78. The largest absolute Gasteiger partial charge is 0.496 e. The molecule has 0 unspecified atom stereocenters. The number of methoxy groups -OCH3 is 1. The SMILES string of the molecule is COc1ccc(F)cc1C(=O)COC(=O)c1cc2c(C)nn(Cc3ccccc3)c2s1. The third-order valence-corrected chi connectivity index (χ3v) is 5.91. The summed E-state index contributed by atoms with van der Waals surface area (Å²) < 4.78 is 25.6. The fourth-order valence-corrected chi connectivity index (χ4v) is 4.31. The van der Waals surface area contributed by atoms with Gasteiger partial charge >= 0.3 is 5.97 Å². The number of Topliss-reactive ketones (excluding diaryl/α,β-unsaturated/α-hetero) is 1. The number of rotatable bonds is 7. The number of carbonyl (C=O) groups is 2. The molecule has 4 aromatic rings. The number of fused-ring (bicyclic) bond motifs is 1. The van der Waals surface area contributed by atoms with Crippen molar-refractivity contribution in [1.29, 1.82) is 0 Å². The van der Waals surface area contributed by atoms with Crippen LogP contribution in [0.1, 0.15) is 31.3 Å². The quantitative estimate of drug-likeness (QED) is 0.311. The van der Waals surface area contributed by atoms with Gasteiger partial charge < -0.3 is 9.47 Å². The van der Waals surface area contributed by atoms with Crippen LogP contribution in [0.15, 0.2) is 54.6 Å². The van der Waals surface area contributed by atoms with Crippen molar-refractivity contribution in [1.82, 2.24) is 9.78 Å². The fraction of sp³-hybridized carbons (Fsp3) is 0.174. The molecule has 8 heteroatoms. The summed E-state index contributed by atoms with van der Waals surface area (Å²) in [6.07, 6.45) is 0. The number of halogens is 1. The molecule has 4 rings (SSSR count). The van der Waals surface area contributed by atoms with Gasteiger partial charge in [-0.1, -0.05) is 30.3 Å². The molecule has 0 radical (unpaired) electrons. The monoisotopic (exact) mass is 438 g/mol. The van der Waals surface area contributed by atoms with Crippen molar-refractivity contribution in [2.75, 3.05) is 13.7 Å². The highest BCUT2D eigenvalue weighted by Gasteiger charge is 2.20. The molecular weight excluding hydrogens is 419 g/mol. The molecule has 0 aliphatic heterocycles. The van der Waals surface area contributed by atoms with Crippen molar-refractivity contribution < 1.29 is 23.5 Å². The first kappa shape index (κ1) is 20.7. The predicted molar refractivity (Wildman–Crippen MR) is 115 cm³/mol. The second-order valence-electron chi connectivity index (χ2n) is 6.90. The Morgan fingerprint density at radius 1 is 1.13 bits per heavy atom. The summed E-state index contributed by atoms with van der Waals surface area (Å²) in [5.74, 6) is -1.51. The minimum absolute atomic E-state index is 0.0287. The zero-order valence-corrected chi connectivity index (χ0v) is 17.7. The first-order chi connectivity index (χ1) is 15.0. The van der Waals surface area contributed by atoms with Crippen molar-refractivity contribution in [3.05, 3.63) is 82.1 Å². The second-order valence-corrected chi connectivity index (χ2v) is 7.93. The number of nitrogens with zero attached hydrogens (tertiary/aromatic N) is 2. The van der Waals surface area contributed by atoms with Crippen LogP contribution in [0.3, 0.4) is 0 Å². The van der Waals surface area contributed by atoms with Gasteiger partial charge in [0.05, 0.1) is 24.9 Å². The standard InChI is InChI=1S/C23H19FN2O4S/c1-14-17-11-21(31-22(17)26(25-14)12-15-6-4-3-5-7-15)23(28)30-13-19(27)18-10-16(24)8-9-20(18)29-2/h3-11H,12-13H2,1-2H3. The molecule has 31 heavy (non-hydrogen) atoms. The number of ether oxygens (including phenoxy) is 2. The highest BCUT2D eigenvalue weighted by molar-refractivity contribution is 7.20. The van der Waals surface area contributed by atoms with E-state index in [0.29, 0.717) is 11.4 Å². The van der Waals surface area contributed by atoms with E-state index < -0.39 is 24.2 Å². The molecule has 6 nitrogen and oxygen atoms in total. The lowest BCUT2D eigenvalue weighted by molar-refractivity contribution is 0.0479. The molecule has 0 fully saturated rings. The molecule has 0 amide bonds. The van der Waals surface area contributed by atoms with Crippen molar-refractivity contribution >= 4 is 33.3 Å². The van der Waals surface area contributed by atoms with Gasteiger partial charge in [0.15, 0.2) is 6.61 Å². The first-order valence-electron chi connectivity index (χ1n) is 9.51. The highest BCUT2D eigenvalue weighted by Crippen LogP contribution is 2.29. The average Bonchev–Trinajstić information content (AvgIpc) is 3.34. The van der Waals surface area contributed by atoms with Crippen LogP contribution in [-0.2, 0) is 11.3 Å². The average molecular weight is 438 g/mol. The van der Waals surface area contributed by atoms with Crippen molar-refractivity contribution in [3.63, 3.8) is 0 Å². The number of hydrogen-bond acceptors (Lipinski definition) is 6. The molecule has 2 aromatic heterocycles. The Morgan fingerprint density at radius 3 is 2.65 bits per heavy atom. The zero-order valence-electron chi connectivity index (χ0n) is 16.9. The van der Waals surface area contributed by atoms with E-state index >= 15 is 0 Å². The van der Waals surface area contributed by atoms with Gasteiger partial charge in [-0.3, -0.25) is 9.48 Å². The van der Waals surface area contributed by atoms with E-state index in [1.54, 1.807) is 6.07 Å². The maximum atomic E-state index is 13.5. The molecular formula is C23H19FN2O4S. The first-order valence-corrected chi connectivity index (χ1v) is 10.3. The normalized spacial score (nSPS) is 10.9. The molecule has 0 N–H and O–H groups in total. The second kappa shape index (κ2) is 8.69. The molecule has 0 saturated carbocycles. The topological polar surface area (TPSA) is 70.4 Å². The summed E-state index contributed by atoms with van der Waals surface area (Å²) in [5.41, 5.74) is 1.93. The number of aromatic nitrogens is 2. The van der Waals surface area contributed by atoms with Crippen molar-refractivity contribution in [2.24, 2.45) is 0 Å². The Kier molecular flexibility index (Phi) is 5.81. The van der Waals surface area contributed by atoms with E-state index in [2.05, 4.69) is 5.10 Å². The van der Waals surface area contributed by atoms with Crippen LogP contribution in [0.4, 0.5) is 4.39 Å².